The van der Waals surface area contributed by atoms with E-state index < -0.39 is 46.5 Å². The fraction of sp³-hybridized carbons (Fsp3) is 0.444. The van der Waals surface area contributed by atoms with Gasteiger partial charge < -0.3 is 14.2 Å². The molecule has 1 atom stereocenters. The Balaban J connectivity index is 1.64. The van der Waals surface area contributed by atoms with Crippen molar-refractivity contribution in [3.63, 3.8) is 0 Å². The first-order valence-electron chi connectivity index (χ1n) is 8.83. The van der Waals surface area contributed by atoms with Crippen LogP contribution in [0.3, 0.4) is 0 Å². The van der Waals surface area contributed by atoms with Gasteiger partial charge in [0.15, 0.2) is 5.78 Å². The zero-order valence-electron chi connectivity index (χ0n) is 16.1. The van der Waals surface area contributed by atoms with Crippen LogP contribution in [0.4, 0.5) is 10.5 Å². The maximum absolute atomic E-state index is 12.8. The van der Waals surface area contributed by atoms with Gasteiger partial charge in [0.05, 0.1) is 10.8 Å². The number of hydrogen-bond donors (Lipinski definition) is 0. The van der Waals surface area contributed by atoms with Crippen molar-refractivity contribution in [3.8, 4) is 0 Å². The zero-order chi connectivity index (χ0) is 22.1. The van der Waals surface area contributed by atoms with E-state index in [1.165, 1.54) is 49.9 Å². The van der Waals surface area contributed by atoms with Gasteiger partial charge in [-0.25, -0.2) is 4.79 Å². The van der Waals surface area contributed by atoms with Crippen molar-refractivity contribution in [1.29, 1.82) is 0 Å². The van der Waals surface area contributed by atoms with Gasteiger partial charge in [0.1, 0.15) is 12.6 Å². The smallest absolute Gasteiger partial charge is 0.411 e. The number of ether oxygens (including phenoxy) is 3. The lowest BCUT2D eigenvalue weighted by Crippen LogP contribution is -2.54. The molecule has 160 valence electrons. The quantitative estimate of drug-likeness (QED) is 0.288. The minimum absolute atomic E-state index is 0.0962. The van der Waals surface area contributed by atoms with Crippen LogP contribution in [0.2, 0.25) is 0 Å². The second-order valence-corrected chi connectivity index (χ2v) is 8.04. The van der Waals surface area contributed by atoms with Crippen molar-refractivity contribution >= 4 is 41.3 Å². The Hall–Kier alpha value is -3.15. The van der Waals surface area contributed by atoms with Gasteiger partial charge in [-0.3, -0.25) is 29.4 Å². The Kier molecular flexibility index (Phi) is 5.97. The highest BCUT2D eigenvalue weighted by Gasteiger charge is 2.51. The third kappa shape index (κ3) is 4.53. The molecule has 1 aromatic rings. The number of Topliss-reactive ketones (excluding diaryl/α,β-unsaturated/α-hetero) is 1. The number of rotatable bonds is 5. The first-order valence-corrected chi connectivity index (χ1v) is 9.98. The highest BCUT2D eigenvalue weighted by Crippen LogP contribution is 2.29. The van der Waals surface area contributed by atoms with Gasteiger partial charge in [0.2, 0.25) is 5.92 Å². The van der Waals surface area contributed by atoms with Crippen LogP contribution in [0.1, 0.15) is 19.4 Å². The summed E-state index contributed by atoms with van der Waals surface area (Å²) in [7, 11) is 0. The molecule has 30 heavy (non-hydrogen) atoms. The Bertz CT molecular complexity index is 879. The largest absolute Gasteiger partial charge is 0.445 e. The number of hydrogen-bond acceptors (Lipinski definition) is 10. The van der Waals surface area contributed by atoms with Crippen LogP contribution in [-0.2, 0) is 35.2 Å². The predicted octanol–water partition coefficient (Wildman–Crippen LogP) is 1.63. The van der Waals surface area contributed by atoms with Crippen LogP contribution >= 0.6 is 11.8 Å². The fourth-order valence-corrected chi connectivity index (χ4v) is 4.10. The van der Waals surface area contributed by atoms with Crippen LogP contribution in [0.25, 0.3) is 0 Å². The third-order valence-electron chi connectivity index (χ3n) is 4.40. The molecule has 0 spiro atoms. The lowest BCUT2D eigenvalue weighted by molar-refractivity contribution is -0.384. The van der Waals surface area contributed by atoms with Gasteiger partial charge in [-0.05, 0) is 17.7 Å². The van der Waals surface area contributed by atoms with E-state index in [9.17, 15) is 29.3 Å². The number of thioether (sulfide) groups is 1. The second-order valence-electron chi connectivity index (χ2n) is 7.04. The molecule has 2 aliphatic heterocycles. The molecule has 2 aliphatic rings. The average Bonchev–Trinajstić information content (AvgIpc) is 3.14. The van der Waals surface area contributed by atoms with Gasteiger partial charge in [-0.15, -0.1) is 11.8 Å². The van der Waals surface area contributed by atoms with Crippen LogP contribution in [0, 0.1) is 16.0 Å². The Morgan fingerprint density at radius 2 is 1.83 bits per heavy atom. The number of carbonyl (C=O) groups is 4. The molecule has 0 saturated carbocycles. The van der Waals surface area contributed by atoms with Crippen molar-refractivity contribution in [2.24, 2.45) is 5.92 Å². The molecular weight excluding hydrogens is 420 g/mol. The lowest BCUT2D eigenvalue weighted by Gasteiger charge is -2.33. The van der Waals surface area contributed by atoms with E-state index in [-0.39, 0.29) is 23.9 Å². The lowest BCUT2D eigenvalue weighted by atomic mass is 9.97. The summed E-state index contributed by atoms with van der Waals surface area (Å²) >= 11 is 1.27. The summed E-state index contributed by atoms with van der Waals surface area (Å²) in [5.41, 5.74) is 0.423. The molecule has 0 radical (unpaired) electrons. The highest BCUT2D eigenvalue weighted by atomic mass is 32.2. The molecule has 11 nitrogen and oxygen atoms in total. The number of nitro groups is 1. The SMILES string of the molecule is CC1(C)OC(=O)C(C(=O)[C@@H]2CSCN2C(=O)OCc2ccc([N+](=O)[O-])cc2)C(=O)O1. The summed E-state index contributed by atoms with van der Waals surface area (Å²) in [5, 5.41) is 10.7. The monoisotopic (exact) mass is 438 g/mol. The number of ketones is 1. The standard InChI is InChI=1S/C18H18N2O9S/c1-18(2)28-15(22)13(16(23)29-18)14(21)12-8-30-9-19(12)17(24)27-7-10-3-5-11(6-4-10)20(25)26/h3-6,12-13H,7-9H2,1-2H3/t12-/m0/s1. The molecule has 2 saturated heterocycles. The molecule has 1 aromatic carbocycles. The number of cyclic esters (lactones) is 2. The molecule has 3 rings (SSSR count). The second kappa shape index (κ2) is 8.30. The van der Waals surface area contributed by atoms with E-state index in [0.29, 0.717) is 5.56 Å². The Labute approximate surface area is 174 Å². The van der Waals surface area contributed by atoms with Crippen molar-refractivity contribution in [3.05, 3.63) is 39.9 Å². The van der Waals surface area contributed by atoms with E-state index in [4.69, 9.17) is 14.2 Å². The number of non-ortho nitro benzene ring substituents is 1. The minimum Gasteiger partial charge on any atom is -0.445 e. The zero-order valence-corrected chi connectivity index (χ0v) is 16.9. The van der Waals surface area contributed by atoms with Crippen LogP contribution in [-0.4, -0.2) is 57.1 Å². The van der Waals surface area contributed by atoms with E-state index in [2.05, 4.69) is 0 Å². The van der Waals surface area contributed by atoms with Crippen molar-refractivity contribution in [1.82, 2.24) is 4.90 Å². The molecule has 0 aliphatic carbocycles. The van der Waals surface area contributed by atoms with Crippen LogP contribution in [0.15, 0.2) is 24.3 Å². The predicted molar refractivity (Wildman–Crippen MR) is 101 cm³/mol. The fourth-order valence-electron chi connectivity index (χ4n) is 2.94. The molecule has 0 N–H and O–H groups in total. The summed E-state index contributed by atoms with van der Waals surface area (Å²) in [4.78, 5) is 60.8. The highest BCUT2D eigenvalue weighted by molar-refractivity contribution is 7.99. The number of benzene rings is 1. The minimum atomic E-state index is -1.76. The first-order chi connectivity index (χ1) is 14.1. The summed E-state index contributed by atoms with van der Waals surface area (Å²) in [6.45, 7) is 2.58. The first kappa shape index (κ1) is 21.6. The number of nitrogens with zero attached hydrogens (tertiary/aromatic N) is 2. The maximum Gasteiger partial charge on any atom is 0.411 e. The molecule has 1 amide bonds. The van der Waals surface area contributed by atoms with E-state index >= 15 is 0 Å². The molecular formula is C18H18N2O9S. The number of amides is 1. The van der Waals surface area contributed by atoms with Crippen LogP contribution < -0.4 is 0 Å². The van der Waals surface area contributed by atoms with Gasteiger partial charge in [0, 0.05) is 31.7 Å². The number of nitro benzene ring substituents is 1. The summed E-state index contributed by atoms with van der Waals surface area (Å²) in [5.74, 6) is -5.72. The maximum atomic E-state index is 12.8. The topological polar surface area (TPSA) is 142 Å². The van der Waals surface area contributed by atoms with Gasteiger partial charge in [-0.2, -0.15) is 0 Å². The molecule has 2 fully saturated rings. The summed E-state index contributed by atoms with van der Waals surface area (Å²) in [6, 6.07) is 4.41. The molecule has 12 heteroatoms. The van der Waals surface area contributed by atoms with Gasteiger partial charge in [-0.1, -0.05) is 0 Å². The molecule has 2 heterocycles. The van der Waals surface area contributed by atoms with E-state index in [1.807, 2.05) is 0 Å². The van der Waals surface area contributed by atoms with Gasteiger partial charge in [0.25, 0.3) is 11.5 Å². The summed E-state index contributed by atoms with van der Waals surface area (Å²) < 4.78 is 15.1. The number of esters is 2. The molecule has 0 bridgehead atoms. The normalized spacial score (nSPS) is 21.0. The Morgan fingerprint density at radius 3 is 2.40 bits per heavy atom. The van der Waals surface area contributed by atoms with Crippen molar-refractivity contribution in [2.45, 2.75) is 32.3 Å². The van der Waals surface area contributed by atoms with Gasteiger partial charge >= 0.3 is 18.0 Å². The van der Waals surface area contributed by atoms with Crippen molar-refractivity contribution in [2.75, 3.05) is 11.6 Å². The van der Waals surface area contributed by atoms with Crippen molar-refractivity contribution < 1.29 is 38.3 Å². The summed E-state index contributed by atoms with van der Waals surface area (Å²) in [6.07, 6.45) is -0.811. The molecule has 0 aromatic heterocycles. The number of carbonyl (C=O) groups excluding carboxylic acids is 4. The van der Waals surface area contributed by atoms with Crippen LogP contribution in [0.5, 0.6) is 0 Å². The third-order valence-corrected chi connectivity index (χ3v) is 5.42. The molecule has 0 unspecified atom stereocenters. The average molecular weight is 438 g/mol. The Morgan fingerprint density at radius 1 is 1.23 bits per heavy atom. The van der Waals surface area contributed by atoms with E-state index in [1.54, 1.807) is 0 Å². The van der Waals surface area contributed by atoms with E-state index in [0.717, 1.165) is 4.90 Å².